The van der Waals surface area contributed by atoms with E-state index in [0.717, 1.165) is 38.3 Å². The second-order valence-electron chi connectivity index (χ2n) is 5.02. The highest BCUT2D eigenvalue weighted by atomic mass is 16.2. The van der Waals surface area contributed by atoms with Gasteiger partial charge in [-0.25, -0.2) is 4.79 Å². The molecule has 15 heavy (non-hydrogen) atoms. The van der Waals surface area contributed by atoms with Crippen LogP contribution in [0.15, 0.2) is 0 Å². The predicted molar refractivity (Wildman–Crippen MR) is 62.9 cm³/mol. The summed E-state index contributed by atoms with van der Waals surface area (Å²) in [6.07, 6.45) is 4.58. The van der Waals surface area contributed by atoms with E-state index in [1.807, 2.05) is 4.90 Å². The Morgan fingerprint density at radius 3 is 2.33 bits per heavy atom. The SMILES string of the molecule is CC(C)CCC(C)NC(=O)N1CCCC1. The van der Waals surface area contributed by atoms with E-state index >= 15 is 0 Å². The molecule has 0 aromatic carbocycles. The second kappa shape index (κ2) is 5.99. The lowest BCUT2D eigenvalue weighted by molar-refractivity contribution is 0.204. The molecule has 88 valence electrons. The summed E-state index contributed by atoms with van der Waals surface area (Å²) in [7, 11) is 0. The minimum absolute atomic E-state index is 0.128. The number of carbonyl (C=O) groups is 1. The average molecular weight is 212 g/mol. The summed E-state index contributed by atoms with van der Waals surface area (Å²) < 4.78 is 0. The van der Waals surface area contributed by atoms with Crippen molar-refractivity contribution in [3.8, 4) is 0 Å². The molecule has 0 aromatic rings. The Kier molecular flexibility index (Phi) is 4.92. The van der Waals surface area contributed by atoms with Gasteiger partial charge in [-0.3, -0.25) is 0 Å². The molecule has 1 fully saturated rings. The molecule has 0 aliphatic carbocycles. The first-order valence-electron chi connectivity index (χ1n) is 6.15. The fourth-order valence-corrected chi connectivity index (χ4v) is 1.88. The highest BCUT2D eigenvalue weighted by Gasteiger charge is 2.18. The van der Waals surface area contributed by atoms with Crippen LogP contribution in [0.25, 0.3) is 0 Å². The van der Waals surface area contributed by atoms with Gasteiger partial charge in [-0.05, 0) is 38.5 Å². The average Bonchev–Trinajstić information content (AvgIpc) is 2.67. The van der Waals surface area contributed by atoms with Crippen LogP contribution in [-0.2, 0) is 0 Å². The first-order chi connectivity index (χ1) is 7.09. The van der Waals surface area contributed by atoms with Gasteiger partial charge in [0.2, 0.25) is 0 Å². The highest BCUT2D eigenvalue weighted by molar-refractivity contribution is 5.74. The van der Waals surface area contributed by atoms with Gasteiger partial charge < -0.3 is 10.2 Å². The van der Waals surface area contributed by atoms with Crippen molar-refractivity contribution in [2.45, 2.75) is 52.5 Å². The number of hydrogen-bond donors (Lipinski definition) is 1. The van der Waals surface area contributed by atoms with Crippen molar-refractivity contribution in [3.63, 3.8) is 0 Å². The molecule has 3 nitrogen and oxygen atoms in total. The van der Waals surface area contributed by atoms with Crippen LogP contribution in [0.1, 0.15) is 46.5 Å². The summed E-state index contributed by atoms with van der Waals surface area (Å²) in [5, 5.41) is 3.06. The standard InChI is InChI=1S/C12H24N2O/c1-10(2)6-7-11(3)13-12(15)14-8-4-5-9-14/h10-11H,4-9H2,1-3H3,(H,13,15). The smallest absolute Gasteiger partial charge is 0.317 e. The van der Waals surface area contributed by atoms with Crippen molar-refractivity contribution >= 4 is 6.03 Å². The minimum Gasteiger partial charge on any atom is -0.336 e. The molecule has 2 amide bonds. The summed E-state index contributed by atoms with van der Waals surface area (Å²) >= 11 is 0. The molecular weight excluding hydrogens is 188 g/mol. The lowest BCUT2D eigenvalue weighted by Crippen LogP contribution is -2.42. The van der Waals surface area contributed by atoms with Crippen molar-refractivity contribution in [3.05, 3.63) is 0 Å². The normalized spacial score (nSPS) is 18.3. The van der Waals surface area contributed by atoms with Crippen molar-refractivity contribution < 1.29 is 4.79 Å². The number of amides is 2. The van der Waals surface area contributed by atoms with Gasteiger partial charge in [-0.2, -0.15) is 0 Å². The van der Waals surface area contributed by atoms with Gasteiger partial charge in [0.1, 0.15) is 0 Å². The molecule has 1 unspecified atom stereocenters. The van der Waals surface area contributed by atoms with Crippen molar-refractivity contribution in [1.82, 2.24) is 10.2 Å². The predicted octanol–water partition coefficient (Wildman–Crippen LogP) is 2.62. The Labute approximate surface area is 93.2 Å². The lowest BCUT2D eigenvalue weighted by atomic mass is 10.0. The van der Waals surface area contributed by atoms with Crippen LogP contribution < -0.4 is 5.32 Å². The van der Waals surface area contributed by atoms with E-state index in [2.05, 4.69) is 26.1 Å². The van der Waals surface area contributed by atoms with Crippen LogP contribution in [-0.4, -0.2) is 30.1 Å². The molecule has 1 rings (SSSR count). The number of rotatable bonds is 4. The van der Waals surface area contributed by atoms with Gasteiger partial charge >= 0.3 is 6.03 Å². The van der Waals surface area contributed by atoms with E-state index in [1.165, 1.54) is 6.42 Å². The Bertz CT molecular complexity index is 198. The lowest BCUT2D eigenvalue weighted by Gasteiger charge is -2.20. The van der Waals surface area contributed by atoms with Gasteiger partial charge in [-0.15, -0.1) is 0 Å². The maximum Gasteiger partial charge on any atom is 0.317 e. The van der Waals surface area contributed by atoms with Crippen LogP contribution in [0.5, 0.6) is 0 Å². The van der Waals surface area contributed by atoms with Gasteiger partial charge in [0.05, 0.1) is 0 Å². The maximum atomic E-state index is 11.7. The highest BCUT2D eigenvalue weighted by Crippen LogP contribution is 2.09. The molecule has 1 N–H and O–H groups in total. The Hall–Kier alpha value is -0.730. The number of carbonyl (C=O) groups excluding carboxylic acids is 1. The first-order valence-corrected chi connectivity index (χ1v) is 6.15. The molecule has 0 radical (unpaired) electrons. The summed E-state index contributed by atoms with van der Waals surface area (Å²) in [5.74, 6) is 0.719. The molecule has 1 aliphatic rings. The Morgan fingerprint density at radius 1 is 1.20 bits per heavy atom. The van der Waals surface area contributed by atoms with E-state index in [-0.39, 0.29) is 6.03 Å². The summed E-state index contributed by atoms with van der Waals surface area (Å²) in [6, 6.07) is 0.434. The van der Waals surface area contributed by atoms with Crippen LogP contribution >= 0.6 is 0 Å². The van der Waals surface area contributed by atoms with E-state index in [1.54, 1.807) is 0 Å². The number of nitrogens with zero attached hydrogens (tertiary/aromatic N) is 1. The number of hydrogen-bond acceptors (Lipinski definition) is 1. The second-order valence-corrected chi connectivity index (χ2v) is 5.02. The molecule has 0 aromatic heterocycles. The molecular formula is C12H24N2O. The fourth-order valence-electron chi connectivity index (χ4n) is 1.88. The third-order valence-electron chi connectivity index (χ3n) is 2.94. The van der Waals surface area contributed by atoms with Crippen LogP contribution in [0.4, 0.5) is 4.79 Å². The number of nitrogens with one attached hydrogen (secondary N) is 1. The van der Waals surface area contributed by atoms with Gasteiger partial charge in [0.25, 0.3) is 0 Å². The van der Waals surface area contributed by atoms with E-state index in [9.17, 15) is 4.79 Å². The zero-order valence-corrected chi connectivity index (χ0v) is 10.3. The summed E-state index contributed by atoms with van der Waals surface area (Å²) in [6.45, 7) is 8.39. The van der Waals surface area contributed by atoms with E-state index in [0.29, 0.717) is 6.04 Å². The maximum absolute atomic E-state index is 11.7. The molecule has 1 aliphatic heterocycles. The Balaban J connectivity index is 2.18. The zero-order valence-electron chi connectivity index (χ0n) is 10.3. The van der Waals surface area contributed by atoms with E-state index < -0.39 is 0 Å². The quantitative estimate of drug-likeness (QED) is 0.763. The summed E-state index contributed by atoms with van der Waals surface area (Å²) in [4.78, 5) is 13.6. The van der Waals surface area contributed by atoms with E-state index in [4.69, 9.17) is 0 Å². The minimum atomic E-state index is 0.128. The van der Waals surface area contributed by atoms with Gasteiger partial charge in [-0.1, -0.05) is 13.8 Å². The third-order valence-corrected chi connectivity index (χ3v) is 2.94. The number of likely N-dealkylation sites (tertiary alicyclic amines) is 1. The monoisotopic (exact) mass is 212 g/mol. The molecule has 0 saturated carbocycles. The molecule has 0 bridgehead atoms. The molecule has 3 heteroatoms. The van der Waals surface area contributed by atoms with Crippen molar-refractivity contribution in [2.75, 3.05) is 13.1 Å². The van der Waals surface area contributed by atoms with Crippen molar-refractivity contribution in [1.29, 1.82) is 0 Å². The molecule has 0 spiro atoms. The third kappa shape index (κ3) is 4.54. The van der Waals surface area contributed by atoms with Gasteiger partial charge in [0.15, 0.2) is 0 Å². The van der Waals surface area contributed by atoms with Crippen LogP contribution in [0, 0.1) is 5.92 Å². The molecule has 1 heterocycles. The molecule has 1 atom stereocenters. The first kappa shape index (κ1) is 12.3. The zero-order chi connectivity index (χ0) is 11.3. The van der Waals surface area contributed by atoms with Crippen LogP contribution in [0.3, 0.4) is 0 Å². The topological polar surface area (TPSA) is 32.3 Å². The van der Waals surface area contributed by atoms with Crippen molar-refractivity contribution in [2.24, 2.45) is 5.92 Å². The molecule has 1 saturated heterocycles. The fraction of sp³-hybridized carbons (Fsp3) is 0.917. The summed E-state index contributed by atoms with van der Waals surface area (Å²) in [5.41, 5.74) is 0. The van der Waals surface area contributed by atoms with Gasteiger partial charge in [0, 0.05) is 19.1 Å². The van der Waals surface area contributed by atoms with Crippen LogP contribution in [0.2, 0.25) is 0 Å². The largest absolute Gasteiger partial charge is 0.336 e. The number of urea groups is 1. The Morgan fingerprint density at radius 2 is 1.80 bits per heavy atom.